The van der Waals surface area contributed by atoms with Gasteiger partial charge in [0.15, 0.2) is 5.11 Å². The van der Waals surface area contributed by atoms with Gasteiger partial charge in [-0.2, -0.15) is 0 Å². The van der Waals surface area contributed by atoms with Gasteiger partial charge in [-0.15, -0.1) is 0 Å². The Labute approximate surface area is 143 Å². The Morgan fingerprint density at radius 3 is 2.39 bits per heavy atom. The number of nitrogens with one attached hydrogen (secondary N) is 2. The van der Waals surface area contributed by atoms with E-state index in [1.807, 2.05) is 68.7 Å². The van der Waals surface area contributed by atoms with Crippen LogP contribution in [0.2, 0.25) is 0 Å². The lowest BCUT2D eigenvalue weighted by Gasteiger charge is -2.13. The molecule has 2 aromatic carbocycles. The Kier molecular flexibility index (Phi) is 6.84. The number of rotatable bonds is 7. The van der Waals surface area contributed by atoms with E-state index in [2.05, 4.69) is 15.5 Å². The van der Waals surface area contributed by atoms with Gasteiger partial charge < -0.3 is 20.3 Å². The van der Waals surface area contributed by atoms with Crippen LogP contribution in [0.4, 0.5) is 5.69 Å². The molecule has 0 fully saturated rings. The van der Waals surface area contributed by atoms with Crippen molar-refractivity contribution in [2.75, 3.05) is 32.5 Å². The zero-order valence-electron chi connectivity index (χ0n) is 13.6. The lowest BCUT2D eigenvalue weighted by molar-refractivity contribution is 0.306. The Bertz CT molecular complexity index is 599. The molecular weight excluding hydrogens is 306 g/mol. The predicted octanol–water partition coefficient (Wildman–Crippen LogP) is 3.11. The number of anilines is 1. The maximum atomic E-state index is 5.76. The molecule has 4 nitrogen and oxygen atoms in total. The molecule has 23 heavy (non-hydrogen) atoms. The number of hydrogen-bond acceptors (Lipinski definition) is 3. The van der Waals surface area contributed by atoms with Gasteiger partial charge in [0.25, 0.3) is 0 Å². The van der Waals surface area contributed by atoms with E-state index in [-0.39, 0.29) is 0 Å². The lowest BCUT2D eigenvalue weighted by atomic mass is 10.2. The predicted molar refractivity (Wildman–Crippen MR) is 100.0 cm³/mol. The molecule has 0 spiro atoms. The van der Waals surface area contributed by atoms with Crippen molar-refractivity contribution in [1.29, 1.82) is 0 Å². The van der Waals surface area contributed by atoms with Crippen LogP contribution in [0.5, 0.6) is 5.75 Å². The quantitative estimate of drug-likeness (QED) is 0.764. The smallest absolute Gasteiger partial charge is 0.170 e. The summed E-state index contributed by atoms with van der Waals surface area (Å²) in [5, 5.41) is 6.96. The van der Waals surface area contributed by atoms with Crippen LogP contribution >= 0.6 is 12.2 Å². The molecule has 0 aliphatic heterocycles. The van der Waals surface area contributed by atoms with Crippen molar-refractivity contribution in [3.8, 4) is 5.75 Å². The molecule has 0 aromatic heterocycles. The van der Waals surface area contributed by atoms with Gasteiger partial charge in [0.2, 0.25) is 0 Å². The Hall–Kier alpha value is -2.11. The van der Waals surface area contributed by atoms with Crippen LogP contribution in [0.3, 0.4) is 0 Å². The van der Waals surface area contributed by atoms with Gasteiger partial charge in [0.05, 0.1) is 0 Å². The van der Waals surface area contributed by atoms with E-state index in [1.165, 1.54) is 0 Å². The van der Waals surface area contributed by atoms with E-state index >= 15 is 0 Å². The van der Waals surface area contributed by atoms with Crippen LogP contribution in [0.15, 0.2) is 54.6 Å². The van der Waals surface area contributed by atoms with Crippen molar-refractivity contribution >= 4 is 23.0 Å². The van der Waals surface area contributed by atoms with Gasteiger partial charge in [-0.1, -0.05) is 30.3 Å². The minimum atomic E-state index is 0.568. The van der Waals surface area contributed by atoms with Crippen molar-refractivity contribution in [1.82, 2.24) is 10.2 Å². The van der Waals surface area contributed by atoms with E-state index in [4.69, 9.17) is 17.0 Å². The lowest BCUT2D eigenvalue weighted by Crippen LogP contribution is -2.34. The van der Waals surface area contributed by atoms with Crippen LogP contribution < -0.4 is 15.4 Å². The molecule has 0 heterocycles. The fourth-order valence-corrected chi connectivity index (χ4v) is 2.16. The third-order valence-corrected chi connectivity index (χ3v) is 3.45. The fourth-order valence-electron chi connectivity index (χ4n) is 1.94. The summed E-state index contributed by atoms with van der Waals surface area (Å²) in [5.41, 5.74) is 2.10. The van der Waals surface area contributed by atoms with Crippen molar-refractivity contribution in [2.45, 2.75) is 6.61 Å². The molecule has 0 bridgehead atoms. The molecule has 122 valence electrons. The third-order valence-electron chi connectivity index (χ3n) is 3.21. The maximum absolute atomic E-state index is 5.76. The summed E-state index contributed by atoms with van der Waals surface area (Å²) in [6, 6.07) is 17.9. The minimum absolute atomic E-state index is 0.568. The number of thiocarbonyl (C=S) groups is 1. The van der Waals surface area contributed by atoms with E-state index < -0.39 is 0 Å². The standard InChI is InChI=1S/C18H23N3OS/c1-21(2)13-12-19-18(23)20-16-8-10-17(11-9-16)22-14-15-6-4-3-5-7-15/h3-11H,12-14H2,1-2H3,(H2,19,20,23). The van der Waals surface area contributed by atoms with E-state index in [9.17, 15) is 0 Å². The summed E-state index contributed by atoms with van der Waals surface area (Å²) in [7, 11) is 4.07. The molecule has 0 unspecified atom stereocenters. The maximum Gasteiger partial charge on any atom is 0.170 e. The topological polar surface area (TPSA) is 36.5 Å². The molecule has 0 amide bonds. The second kappa shape index (κ2) is 9.12. The summed E-state index contributed by atoms with van der Waals surface area (Å²) in [6.07, 6.45) is 0. The summed E-state index contributed by atoms with van der Waals surface area (Å²) in [5.74, 6) is 0.839. The van der Waals surface area contributed by atoms with Crippen molar-refractivity contribution in [2.24, 2.45) is 0 Å². The van der Waals surface area contributed by atoms with Crippen LogP contribution in [0.25, 0.3) is 0 Å². The van der Waals surface area contributed by atoms with Crippen LogP contribution in [-0.2, 0) is 6.61 Å². The summed E-state index contributed by atoms with van der Waals surface area (Å²) in [6.45, 7) is 2.32. The first-order valence-corrected chi connectivity index (χ1v) is 8.00. The molecular formula is C18H23N3OS. The van der Waals surface area contributed by atoms with E-state index in [0.717, 1.165) is 30.1 Å². The van der Waals surface area contributed by atoms with Gasteiger partial charge in [0.1, 0.15) is 12.4 Å². The SMILES string of the molecule is CN(C)CCNC(=S)Nc1ccc(OCc2ccccc2)cc1. The Morgan fingerprint density at radius 2 is 1.74 bits per heavy atom. The fraction of sp³-hybridized carbons (Fsp3) is 0.278. The highest BCUT2D eigenvalue weighted by atomic mass is 32.1. The molecule has 2 rings (SSSR count). The highest BCUT2D eigenvalue weighted by Gasteiger charge is 2.00. The van der Waals surface area contributed by atoms with Gasteiger partial charge in [-0.05, 0) is 56.1 Å². The van der Waals surface area contributed by atoms with Crippen molar-refractivity contribution in [3.05, 3.63) is 60.2 Å². The Balaban J connectivity index is 1.76. The minimum Gasteiger partial charge on any atom is -0.489 e. The zero-order chi connectivity index (χ0) is 16.5. The second-order valence-electron chi connectivity index (χ2n) is 5.48. The third kappa shape index (κ3) is 6.67. The molecule has 5 heteroatoms. The largest absolute Gasteiger partial charge is 0.489 e. The summed E-state index contributed by atoms with van der Waals surface area (Å²) < 4.78 is 5.76. The molecule has 0 aliphatic carbocycles. The van der Waals surface area contributed by atoms with Crippen molar-refractivity contribution < 1.29 is 4.74 Å². The zero-order valence-corrected chi connectivity index (χ0v) is 14.4. The average Bonchev–Trinajstić information content (AvgIpc) is 2.55. The number of hydrogen-bond donors (Lipinski definition) is 2. The van der Waals surface area contributed by atoms with Crippen molar-refractivity contribution in [3.63, 3.8) is 0 Å². The van der Waals surface area contributed by atoms with Gasteiger partial charge >= 0.3 is 0 Å². The molecule has 0 atom stereocenters. The molecule has 0 saturated heterocycles. The van der Waals surface area contributed by atoms with E-state index in [0.29, 0.717) is 11.7 Å². The average molecular weight is 329 g/mol. The monoisotopic (exact) mass is 329 g/mol. The summed E-state index contributed by atoms with van der Waals surface area (Å²) in [4.78, 5) is 2.11. The van der Waals surface area contributed by atoms with Crippen LogP contribution in [0, 0.1) is 0 Å². The first-order chi connectivity index (χ1) is 11.1. The molecule has 0 aliphatic rings. The summed E-state index contributed by atoms with van der Waals surface area (Å²) >= 11 is 5.26. The number of ether oxygens (including phenoxy) is 1. The highest BCUT2D eigenvalue weighted by Crippen LogP contribution is 2.17. The normalized spacial score (nSPS) is 10.4. The van der Waals surface area contributed by atoms with Crippen LogP contribution in [-0.4, -0.2) is 37.2 Å². The number of nitrogens with zero attached hydrogens (tertiary/aromatic N) is 1. The first-order valence-electron chi connectivity index (χ1n) is 7.60. The molecule has 2 aromatic rings. The van der Waals surface area contributed by atoms with E-state index in [1.54, 1.807) is 0 Å². The van der Waals surface area contributed by atoms with Gasteiger partial charge in [-0.3, -0.25) is 0 Å². The van der Waals surface area contributed by atoms with Crippen LogP contribution in [0.1, 0.15) is 5.56 Å². The first kappa shape index (κ1) is 17.2. The number of likely N-dealkylation sites (N-methyl/N-ethyl adjacent to an activating group) is 1. The molecule has 2 N–H and O–H groups in total. The second-order valence-corrected chi connectivity index (χ2v) is 5.89. The molecule has 0 radical (unpaired) electrons. The molecule has 0 saturated carbocycles. The Morgan fingerprint density at radius 1 is 1.04 bits per heavy atom. The van der Waals surface area contributed by atoms with Gasteiger partial charge in [0, 0.05) is 18.8 Å². The van der Waals surface area contributed by atoms with Gasteiger partial charge in [-0.25, -0.2) is 0 Å². The highest BCUT2D eigenvalue weighted by molar-refractivity contribution is 7.80. The number of benzene rings is 2.